The first-order chi connectivity index (χ1) is 15.3. The molecule has 0 spiro atoms. The Morgan fingerprint density at radius 1 is 1.22 bits per heavy atom. The van der Waals surface area contributed by atoms with E-state index in [2.05, 4.69) is 15.0 Å². The molecular formula is C22H27N3O5S2. The van der Waals surface area contributed by atoms with E-state index in [-0.39, 0.29) is 27.4 Å². The fourth-order valence-electron chi connectivity index (χ4n) is 3.30. The molecule has 8 nitrogen and oxygen atoms in total. The fraction of sp³-hybridized carbons (Fsp3) is 0.409. The molecule has 1 aromatic carbocycles. The summed E-state index contributed by atoms with van der Waals surface area (Å²) in [5.41, 5.74) is 0.312. The van der Waals surface area contributed by atoms with Gasteiger partial charge >= 0.3 is 0 Å². The lowest BCUT2D eigenvalue weighted by atomic mass is 10.0. The number of ether oxygens (including phenoxy) is 1. The van der Waals surface area contributed by atoms with E-state index in [0.29, 0.717) is 17.9 Å². The van der Waals surface area contributed by atoms with E-state index in [0.717, 1.165) is 43.6 Å². The summed E-state index contributed by atoms with van der Waals surface area (Å²) in [6.07, 6.45) is 4.59. The molecule has 172 valence electrons. The highest BCUT2D eigenvalue weighted by molar-refractivity contribution is 8.14. The van der Waals surface area contributed by atoms with Gasteiger partial charge < -0.3 is 10.1 Å². The topological polar surface area (TPSA) is 114 Å². The second-order valence-electron chi connectivity index (χ2n) is 7.56. The molecule has 0 saturated carbocycles. The number of sulfonamides is 1. The highest BCUT2D eigenvalue weighted by atomic mass is 32.2. The molecule has 32 heavy (non-hydrogen) atoms. The predicted molar refractivity (Wildman–Crippen MR) is 125 cm³/mol. The monoisotopic (exact) mass is 477 g/mol. The van der Waals surface area contributed by atoms with Crippen molar-refractivity contribution in [1.29, 1.82) is 0 Å². The summed E-state index contributed by atoms with van der Waals surface area (Å²) in [5.74, 6) is 1.22. The van der Waals surface area contributed by atoms with E-state index in [1.54, 1.807) is 12.1 Å². The number of hydrogen-bond donors (Lipinski definition) is 2. The SMILES string of the molecule is CC(=O)SCC(=O)c1ccc(NS(=O)(=O)c2ccc(OCCCC3CCNC3)cc2)nc1. The van der Waals surface area contributed by atoms with Gasteiger partial charge in [-0.05, 0) is 74.7 Å². The van der Waals surface area contributed by atoms with Gasteiger partial charge in [0.05, 0.1) is 17.3 Å². The molecule has 1 unspecified atom stereocenters. The maximum absolute atomic E-state index is 12.6. The average molecular weight is 478 g/mol. The third kappa shape index (κ3) is 7.32. The second kappa shape index (κ2) is 11.4. The van der Waals surface area contributed by atoms with E-state index in [4.69, 9.17) is 4.74 Å². The van der Waals surface area contributed by atoms with Crippen LogP contribution in [0.3, 0.4) is 0 Å². The summed E-state index contributed by atoms with van der Waals surface area (Å²) in [6, 6.07) is 9.12. The Labute approximate surface area is 192 Å². The van der Waals surface area contributed by atoms with Gasteiger partial charge in [-0.25, -0.2) is 13.4 Å². The Bertz CT molecular complexity index is 1020. The highest BCUT2D eigenvalue weighted by Crippen LogP contribution is 2.20. The summed E-state index contributed by atoms with van der Waals surface area (Å²) in [6.45, 7) is 4.16. The van der Waals surface area contributed by atoms with Crippen molar-refractivity contribution in [2.45, 2.75) is 31.1 Å². The summed E-state index contributed by atoms with van der Waals surface area (Å²) in [4.78, 5) is 27.1. The molecule has 0 radical (unpaired) electrons. The van der Waals surface area contributed by atoms with Gasteiger partial charge in [-0.1, -0.05) is 11.8 Å². The number of Topliss-reactive ketones (excluding diaryl/α,β-unsaturated/α-hetero) is 1. The van der Waals surface area contributed by atoms with E-state index in [9.17, 15) is 18.0 Å². The van der Waals surface area contributed by atoms with Crippen molar-refractivity contribution in [1.82, 2.24) is 10.3 Å². The normalized spacial score (nSPS) is 16.0. The van der Waals surface area contributed by atoms with Crippen LogP contribution >= 0.6 is 11.8 Å². The lowest BCUT2D eigenvalue weighted by Crippen LogP contribution is -2.14. The van der Waals surface area contributed by atoms with E-state index < -0.39 is 10.0 Å². The molecule has 0 amide bonds. The van der Waals surface area contributed by atoms with Crippen LogP contribution in [0.1, 0.15) is 36.5 Å². The molecule has 0 aliphatic carbocycles. The maximum Gasteiger partial charge on any atom is 0.263 e. The molecule has 1 aromatic heterocycles. The first kappa shape index (κ1) is 24.2. The molecule has 0 bridgehead atoms. The first-order valence-electron chi connectivity index (χ1n) is 10.4. The van der Waals surface area contributed by atoms with E-state index >= 15 is 0 Å². The Morgan fingerprint density at radius 3 is 2.62 bits per heavy atom. The van der Waals surface area contributed by atoms with Crippen molar-refractivity contribution < 1.29 is 22.7 Å². The van der Waals surface area contributed by atoms with Crippen molar-refractivity contribution in [3.63, 3.8) is 0 Å². The maximum atomic E-state index is 12.6. The molecule has 1 aliphatic heterocycles. The number of aromatic nitrogens is 1. The lowest BCUT2D eigenvalue weighted by Gasteiger charge is -2.11. The summed E-state index contributed by atoms with van der Waals surface area (Å²) < 4.78 is 33.3. The van der Waals surface area contributed by atoms with Gasteiger partial charge in [0.25, 0.3) is 10.0 Å². The number of anilines is 1. The largest absolute Gasteiger partial charge is 0.494 e. The van der Waals surface area contributed by atoms with Crippen LogP contribution in [0.4, 0.5) is 5.82 Å². The van der Waals surface area contributed by atoms with Crippen LogP contribution in [-0.2, 0) is 14.8 Å². The Hall–Kier alpha value is -2.43. The number of carbonyl (C=O) groups excluding carboxylic acids is 2. The van der Waals surface area contributed by atoms with Crippen LogP contribution in [0.15, 0.2) is 47.5 Å². The third-order valence-corrected chi connectivity index (χ3v) is 7.24. The number of nitrogens with one attached hydrogen (secondary N) is 2. The van der Waals surface area contributed by atoms with Crippen LogP contribution in [-0.4, -0.2) is 49.7 Å². The van der Waals surface area contributed by atoms with Gasteiger partial charge in [0.15, 0.2) is 10.9 Å². The van der Waals surface area contributed by atoms with E-state index in [1.807, 2.05) is 0 Å². The zero-order valence-corrected chi connectivity index (χ0v) is 19.5. The number of carbonyl (C=O) groups is 2. The molecule has 1 aliphatic rings. The Morgan fingerprint density at radius 2 is 2.00 bits per heavy atom. The number of pyridine rings is 1. The van der Waals surface area contributed by atoms with Crippen LogP contribution in [0.5, 0.6) is 5.75 Å². The van der Waals surface area contributed by atoms with Crippen molar-refractivity contribution in [3.05, 3.63) is 48.2 Å². The quantitative estimate of drug-likeness (QED) is 0.375. The van der Waals surface area contributed by atoms with Crippen LogP contribution in [0.25, 0.3) is 0 Å². The van der Waals surface area contributed by atoms with Crippen LogP contribution in [0, 0.1) is 5.92 Å². The summed E-state index contributed by atoms with van der Waals surface area (Å²) >= 11 is 0.918. The van der Waals surface area contributed by atoms with Crippen molar-refractivity contribution in [2.75, 3.05) is 30.2 Å². The molecule has 1 saturated heterocycles. The van der Waals surface area contributed by atoms with E-state index in [1.165, 1.54) is 43.8 Å². The lowest BCUT2D eigenvalue weighted by molar-refractivity contribution is -0.109. The number of ketones is 1. The molecular weight excluding hydrogens is 450 g/mol. The summed E-state index contributed by atoms with van der Waals surface area (Å²) in [5, 5.41) is 3.21. The number of benzene rings is 1. The number of hydrogen-bond acceptors (Lipinski definition) is 8. The van der Waals surface area contributed by atoms with Gasteiger partial charge in [0.2, 0.25) is 0 Å². The number of nitrogens with zero attached hydrogens (tertiary/aromatic N) is 1. The Balaban J connectivity index is 1.51. The first-order valence-corrected chi connectivity index (χ1v) is 12.9. The molecule has 1 fully saturated rings. The fourth-order valence-corrected chi connectivity index (χ4v) is 4.81. The second-order valence-corrected chi connectivity index (χ2v) is 10.4. The molecule has 1 atom stereocenters. The average Bonchev–Trinajstić information content (AvgIpc) is 3.29. The minimum absolute atomic E-state index is 0.0221. The van der Waals surface area contributed by atoms with Crippen LogP contribution in [0.2, 0.25) is 0 Å². The molecule has 2 heterocycles. The molecule has 3 rings (SSSR count). The molecule has 2 N–H and O–H groups in total. The van der Waals surface area contributed by atoms with Gasteiger partial charge in [-0.15, -0.1) is 0 Å². The Kier molecular flexibility index (Phi) is 8.66. The zero-order chi connectivity index (χ0) is 23.0. The predicted octanol–water partition coefficient (Wildman–Crippen LogP) is 3.11. The minimum Gasteiger partial charge on any atom is -0.494 e. The van der Waals surface area contributed by atoms with Gasteiger partial charge in [-0.2, -0.15) is 0 Å². The van der Waals surface area contributed by atoms with Gasteiger partial charge in [-0.3, -0.25) is 14.3 Å². The molecule has 10 heteroatoms. The minimum atomic E-state index is -3.83. The van der Waals surface area contributed by atoms with Crippen molar-refractivity contribution in [2.24, 2.45) is 5.92 Å². The standard InChI is InChI=1S/C22H27N3O5S2/c1-16(26)31-15-21(27)18-4-9-22(24-14-18)25-32(28,29)20-7-5-19(6-8-20)30-12-2-3-17-10-11-23-13-17/h4-9,14,17,23H,2-3,10-13,15H2,1H3,(H,24,25). The number of rotatable bonds is 11. The van der Waals surface area contributed by atoms with Gasteiger partial charge in [0, 0.05) is 18.7 Å². The van der Waals surface area contributed by atoms with Gasteiger partial charge in [0.1, 0.15) is 11.6 Å². The highest BCUT2D eigenvalue weighted by Gasteiger charge is 2.16. The smallest absolute Gasteiger partial charge is 0.263 e. The van der Waals surface area contributed by atoms with Crippen molar-refractivity contribution in [3.8, 4) is 5.75 Å². The molecule has 2 aromatic rings. The number of thioether (sulfide) groups is 1. The summed E-state index contributed by atoms with van der Waals surface area (Å²) in [7, 11) is -3.83. The van der Waals surface area contributed by atoms with Crippen molar-refractivity contribution >= 4 is 38.5 Å². The third-order valence-electron chi connectivity index (χ3n) is 5.05. The van der Waals surface area contributed by atoms with Crippen LogP contribution < -0.4 is 14.8 Å². The zero-order valence-electron chi connectivity index (χ0n) is 17.9.